The van der Waals surface area contributed by atoms with Gasteiger partial charge >= 0.3 is 6.18 Å². The predicted octanol–water partition coefficient (Wildman–Crippen LogP) is 3.46. The number of halogens is 4. The maximum atomic E-state index is 12.1. The molecule has 0 aliphatic rings. The number of ether oxygens (including phenoxy) is 1. The molecular formula is C15H23F3IN3O. The number of guanidine groups is 1. The third-order valence-corrected chi connectivity index (χ3v) is 2.95. The van der Waals surface area contributed by atoms with Crippen LogP contribution in [0.25, 0.3) is 0 Å². The van der Waals surface area contributed by atoms with Crippen LogP contribution in [0.1, 0.15) is 24.5 Å². The van der Waals surface area contributed by atoms with E-state index in [2.05, 4.69) is 15.6 Å². The number of nitrogens with one attached hydrogen (secondary N) is 2. The molecule has 0 amide bonds. The van der Waals surface area contributed by atoms with Gasteiger partial charge in [0.1, 0.15) is 0 Å². The summed E-state index contributed by atoms with van der Waals surface area (Å²) < 4.78 is 41.8. The van der Waals surface area contributed by atoms with E-state index in [1.54, 1.807) is 0 Å². The molecule has 0 unspecified atom stereocenters. The van der Waals surface area contributed by atoms with E-state index in [0.717, 1.165) is 11.1 Å². The Morgan fingerprint density at radius 1 is 1.17 bits per heavy atom. The molecule has 1 rings (SSSR count). The van der Waals surface area contributed by atoms with Crippen molar-refractivity contribution in [2.45, 2.75) is 32.7 Å². The summed E-state index contributed by atoms with van der Waals surface area (Å²) in [6, 6.07) is 7.75. The van der Waals surface area contributed by atoms with Crippen molar-refractivity contribution in [2.24, 2.45) is 4.99 Å². The van der Waals surface area contributed by atoms with Crippen LogP contribution in [0.2, 0.25) is 0 Å². The SMILES string of the molecule is CCOCc1ccccc1CNC(=NC)NCCC(F)(F)F.I. The van der Waals surface area contributed by atoms with Crippen molar-refractivity contribution in [1.82, 2.24) is 10.6 Å². The average molecular weight is 445 g/mol. The van der Waals surface area contributed by atoms with E-state index in [0.29, 0.717) is 25.7 Å². The fourth-order valence-electron chi connectivity index (χ4n) is 1.80. The van der Waals surface area contributed by atoms with Crippen molar-refractivity contribution < 1.29 is 17.9 Å². The Morgan fingerprint density at radius 2 is 1.83 bits per heavy atom. The second-order valence-corrected chi connectivity index (χ2v) is 4.62. The van der Waals surface area contributed by atoms with E-state index in [1.807, 2.05) is 31.2 Å². The molecule has 0 fully saturated rings. The average Bonchev–Trinajstić information content (AvgIpc) is 2.48. The summed E-state index contributed by atoms with van der Waals surface area (Å²) in [5.74, 6) is 0.343. The third kappa shape index (κ3) is 9.65. The molecule has 2 N–H and O–H groups in total. The van der Waals surface area contributed by atoms with Crippen molar-refractivity contribution in [1.29, 1.82) is 0 Å². The first kappa shape index (κ1) is 22.0. The lowest BCUT2D eigenvalue weighted by Gasteiger charge is -2.15. The van der Waals surface area contributed by atoms with Crippen molar-refractivity contribution in [3.63, 3.8) is 0 Å². The lowest BCUT2D eigenvalue weighted by atomic mass is 10.1. The minimum absolute atomic E-state index is 0. The molecule has 0 bridgehead atoms. The molecule has 132 valence electrons. The Hall–Kier alpha value is -1.03. The zero-order valence-electron chi connectivity index (χ0n) is 13.2. The number of alkyl halides is 3. The number of aliphatic imine (C=N–C) groups is 1. The standard InChI is InChI=1S/C15H22F3N3O.HI/c1-3-22-11-13-7-5-4-6-12(13)10-21-14(19-2)20-9-8-15(16,17)18;/h4-7H,3,8-11H2,1-2H3,(H2,19,20,21);1H. The van der Waals surface area contributed by atoms with E-state index >= 15 is 0 Å². The fourth-order valence-corrected chi connectivity index (χ4v) is 1.80. The molecule has 0 radical (unpaired) electrons. The van der Waals surface area contributed by atoms with Gasteiger partial charge in [-0.15, -0.1) is 24.0 Å². The fraction of sp³-hybridized carbons (Fsp3) is 0.533. The van der Waals surface area contributed by atoms with Gasteiger partial charge in [0.05, 0.1) is 13.0 Å². The Bertz CT molecular complexity index is 481. The molecule has 8 heteroatoms. The second kappa shape index (κ2) is 11.5. The van der Waals surface area contributed by atoms with Crippen molar-refractivity contribution in [2.75, 3.05) is 20.2 Å². The van der Waals surface area contributed by atoms with Gasteiger partial charge in [-0.2, -0.15) is 13.2 Å². The first-order chi connectivity index (χ1) is 10.5. The van der Waals surface area contributed by atoms with Gasteiger partial charge in [-0.25, -0.2) is 0 Å². The minimum atomic E-state index is -4.17. The van der Waals surface area contributed by atoms with Crippen LogP contribution in [0.5, 0.6) is 0 Å². The highest BCUT2D eigenvalue weighted by Crippen LogP contribution is 2.18. The van der Waals surface area contributed by atoms with Gasteiger partial charge in [0.25, 0.3) is 0 Å². The Morgan fingerprint density at radius 3 is 2.39 bits per heavy atom. The summed E-state index contributed by atoms with van der Waals surface area (Å²) in [7, 11) is 1.52. The van der Waals surface area contributed by atoms with Crippen LogP contribution < -0.4 is 10.6 Å². The minimum Gasteiger partial charge on any atom is -0.377 e. The van der Waals surface area contributed by atoms with E-state index < -0.39 is 12.6 Å². The summed E-state index contributed by atoms with van der Waals surface area (Å²) in [6.07, 6.45) is -5.06. The van der Waals surface area contributed by atoms with Crippen LogP contribution in [0.15, 0.2) is 29.3 Å². The number of hydrogen-bond donors (Lipinski definition) is 2. The van der Waals surface area contributed by atoms with Gasteiger partial charge in [-0.1, -0.05) is 24.3 Å². The van der Waals surface area contributed by atoms with Crippen molar-refractivity contribution in [3.05, 3.63) is 35.4 Å². The highest BCUT2D eigenvalue weighted by atomic mass is 127. The first-order valence-electron chi connectivity index (χ1n) is 7.12. The summed E-state index contributed by atoms with van der Waals surface area (Å²) in [6.45, 7) is 3.32. The molecule has 4 nitrogen and oxygen atoms in total. The smallest absolute Gasteiger partial charge is 0.377 e. The van der Waals surface area contributed by atoms with Gasteiger partial charge in [-0.05, 0) is 18.1 Å². The monoisotopic (exact) mass is 445 g/mol. The summed E-state index contributed by atoms with van der Waals surface area (Å²) >= 11 is 0. The van der Waals surface area contributed by atoms with Crippen molar-refractivity contribution >= 4 is 29.9 Å². The molecule has 0 aliphatic heterocycles. The largest absolute Gasteiger partial charge is 0.390 e. The summed E-state index contributed by atoms with van der Waals surface area (Å²) in [4.78, 5) is 3.91. The zero-order chi connectivity index (χ0) is 16.4. The molecule has 0 atom stereocenters. The van der Waals surface area contributed by atoms with Crippen LogP contribution in [-0.4, -0.2) is 32.3 Å². The van der Waals surface area contributed by atoms with Crippen LogP contribution in [0.4, 0.5) is 13.2 Å². The third-order valence-electron chi connectivity index (χ3n) is 2.95. The van der Waals surface area contributed by atoms with Gasteiger partial charge < -0.3 is 15.4 Å². The highest BCUT2D eigenvalue weighted by molar-refractivity contribution is 14.0. The van der Waals surface area contributed by atoms with Gasteiger partial charge in [-0.3, -0.25) is 4.99 Å². The maximum absolute atomic E-state index is 12.1. The van der Waals surface area contributed by atoms with Gasteiger partial charge in [0.2, 0.25) is 0 Å². The van der Waals surface area contributed by atoms with E-state index in [-0.39, 0.29) is 30.5 Å². The molecule has 1 aromatic rings. The van der Waals surface area contributed by atoms with E-state index in [4.69, 9.17) is 4.74 Å². The quantitative estimate of drug-likeness (QED) is 0.384. The number of benzene rings is 1. The highest BCUT2D eigenvalue weighted by Gasteiger charge is 2.26. The zero-order valence-corrected chi connectivity index (χ0v) is 15.6. The molecule has 0 spiro atoms. The summed E-state index contributed by atoms with van der Waals surface area (Å²) in [5, 5.41) is 5.65. The lowest BCUT2D eigenvalue weighted by Crippen LogP contribution is -2.38. The number of nitrogens with zero attached hydrogens (tertiary/aromatic N) is 1. The Kier molecular flexibility index (Phi) is 11.0. The van der Waals surface area contributed by atoms with E-state index in [9.17, 15) is 13.2 Å². The molecule has 0 saturated heterocycles. The van der Waals surface area contributed by atoms with Crippen LogP contribution in [0.3, 0.4) is 0 Å². The molecule has 0 aromatic heterocycles. The normalized spacial score (nSPS) is 11.8. The number of rotatable bonds is 7. The molecule has 0 saturated carbocycles. The Labute approximate surface area is 151 Å². The topological polar surface area (TPSA) is 45.6 Å². The van der Waals surface area contributed by atoms with Crippen LogP contribution >= 0.6 is 24.0 Å². The maximum Gasteiger partial charge on any atom is 0.390 e. The lowest BCUT2D eigenvalue weighted by molar-refractivity contribution is -0.132. The first-order valence-corrected chi connectivity index (χ1v) is 7.12. The van der Waals surface area contributed by atoms with Crippen LogP contribution in [-0.2, 0) is 17.9 Å². The number of hydrogen-bond acceptors (Lipinski definition) is 2. The predicted molar refractivity (Wildman–Crippen MR) is 96.1 cm³/mol. The molecule has 0 aliphatic carbocycles. The van der Waals surface area contributed by atoms with Gasteiger partial charge in [0, 0.05) is 26.7 Å². The Balaban J connectivity index is 0.00000484. The van der Waals surface area contributed by atoms with Gasteiger partial charge in [0.15, 0.2) is 5.96 Å². The molecule has 0 heterocycles. The summed E-state index contributed by atoms with van der Waals surface area (Å²) in [5.41, 5.74) is 2.07. The molecule has 1 aromatic carbocycles. The van der Waals surface area contributed by atoms with E-state index in [1.165, 1.54) is 7.05 Å². The molecule has 23 heavy (non-hydrogen) atoms. The van der Waals surface area contributed by atoms with Crippen molar-refractivity contribution in [3.8, 4) is 0 Å². The van der Waals surface area contributed by atoms with Crippen LogP contribution in [0, 0.1) is 0 Å². The second-order valence-electron chi connectivity index (χ2n) is 4.62. The molecular weight excluding hydrogens is 422 g/mol.